The molecule has 5 heteroatoms. The summed E-state index contributed by atoms with van der Waals surface area (Å²) in [4.78, 5) is 16.7. The van der Waals surface area contributed by atoms with Crippen molar-refractivity contribution in [1.82, 2.24) is 4.98 Å². The Morgan fingerprint density at radius 2 is 1.64 bits per heavy atom. The molecular formula is C23H24ClN3O. The Morgan fingerprint density at radius 1 is 0.964 bits per heavy atom. The summed E-state index contributed by atoms with van der Waals surface area (Å²) in [6.07, 6.45) is 3.26. The van der Waals surface area contributed by atoms with Crippen LogP contribution in [0.25, 0.3) is 0 Å². The number of carbonyl (C=O) groups excluding carboxylic acids is 1. The Balaban J connectivity index is 1.64. The van der Waals surface area contributed by atoms with E-state index in [1.54, 1.807) is 18.5 Å². The molecule has 0 aliphatic carbocycles. The van der Waals surface area contributed by atoms with E-state index in [0.717, 1.165) is 16.9 Å². The third kappa shape index (κ3) is 5.33. The standard InChI is InChI=1S/C23H24ClN3O/c1-23(2,3)18-6-10-20(11-7-18)27-22(28)17-12-21(15-25-14-17)26-13-16-4-8-19(24)9-5-16/h4-12,14-15,26H,13H2,1-3H3,(H,27,28). The van der Waals surface area contributed by atoms with Crippen LogP contribution in [0, 0.1) is 0 Å². The van der Waals surface area contributed by atoms with Crippen molar-refractivity contribution < 1.29 is 4.79 Å². The molecule has 1 heterocycles. The van der Waals surface area contributed by atoms with Gasteiger partial charge in [0.2, 0.25) is 0 Å². The highest BCUT2D eigenvalue weighted by atomic mass is 35.5. The molecule has 0 radical (unpaired) electrons. The molecule has 2 aromatic carbocycles. The van der Waals surface area contributed by atoms with Crippen LogP contribution < -0.4 is 10.6 Å². The lowest BCUT2D eigenvalue weighted by molar-refractivity contribution is 0.102. The Labute approximate surface area is 171 Å². The first-order chi connectivity index (χ1) is 13.3. The van der Waals surface area contributed by atoms with Crippen molar-refractivity contribution in [3.8, 4) is 0 Å². The average Bonchev–Trinajstić information content (AvgIpc) is 2.67. The van der Waals surface area contributed by atoms with Crippen molar-refractivity contribution >= 4 is 28.9 Å². The highest BCUT2D eigenvalue weighted by Crippen LogP contribution is 2.23. The maximum absolute atomic E-state index is 12.6. The summed E-state index contributed by atoms with van der Waals surface area (Å²) in [5.74, 6) is -0.189. The zero-order valence-electron chi connectivity index (χ0n) is 16.3. The number of nitrogens with one attached hydrogen (secondary N) is 2. The number of rotatable bonds is 5. The number of hydrogen-bond acceptors (Lipinski definition) is 3. The van der Waals surface area contributed by atoms with E-state index in [4.69, 9.17) is 11.6 Å². The number of halogens is 1. The predicted octanol–water partition coefficient (Wildman–Crippen LogP) is 5.90. The second-order valence-corrected chi connectivity index (χ2v) is 8.16. The topological polar surface area (TPSA) is 54.0 Å². The van der Waals surface area contributed by atoms with Crippen LogP contribution in [0.2, 0.25) is 5.02 Å². The van der Waals surface area contributed by atoms with Gasteiger partial charge in [0.1, 0.15) is 0 Å². The molecule has 0 bridgehead atoms. The van der Waals surface area contributed by atoms with E-state index in [-0.39, 0.29) is 11.3 Å². The molecule has 3 rings (SSSR count). The largest absolute Gasteiger partial charge is 0.380 e. The van der Waals surface area contributed by atoms with Gasteiger partial charge in [-0.1, -0.05) is 56.6 Å². The molecule has 0 aliphatic heterocycles. The van der Waals surface area contributed by atoms with E-state index in [1.165, 1.54) is 5.56 Å². The quantitative estimate of drug-likeness (QED) is 0.567. The Bertz CT molecular complexity index is 945. The maximum atomic E-state index is 12.6. The summed E-state index contributed by atoms with van der Waals surface area (Å²) >= 11 is 5.91. The summed E-state index contributed by atoms with van der Waals surface area (Å²) < 4.78 is 0. The maximum Gasteiger partial charge on any atom is 0.257 e. The van der Waals surface area contributed by atoms with Crippen LogP contribution >= 0.6 is 11.6 Å². The van der Waals surface area contributed by atoms with Gasteiger partial charge in [0.15, 0.2) is 0 Å². The van der Waals surface area contributed by atoms with Gasteiger partial charge in [-0.05, 0) is 46.9 Å². The Kier molecular flexibility index (Phi) is 6.00. The van der Waals surface area contributed by atoms with Gasteiger partial charge in [0.25, 0.3) is 5.91 Å². The Morgan fingerprint density at radius 3 is 2.29 bits per heavy atom. The number of hydrogen-bond donors (Lipinski definition) is 2. The van der Waals surface area contributed by atoms with Crippen LogP contribution in [0.15, 0.2) is 67.0 Å². The summed E-state index contributed by atoms with van der Waals surface area (Å²) in [6, 6.07) is 17.3. The fourth-order valence-corrected chi connectivity index (χ4v) is 2.85. The molecule has 0 spiro atoms. The van der Waals surface area contributed by atoms with Gasteiger partial charge < -0.3 is 10.6 Å². The highest BCUT2D eigenvalue weighted by molar-refractivity contribution is 6.30. The van der Waals surface area contributed by atoms with Crippen LogP contribution in [0.4, 0.5) is 11.4 Å². The van der Waals surface area contributed by atoms with Gasteiger partial charge in [-0.2, -0.15) is 0 Å². The number of pyridine rings is 1. The van der Waals surface area contributed by atoms with Gasteiger partial charge in [-0.15, -0.1) is 0 Å². The smallest absolute Gasteiger partial charge is 0.257 e. The molecule has 0 atom stereocenters. The summed E-state index contributed by atoms with van der Waals surface area (Å²) in [6.45, 7) is 7.11. The van der Waals surface area contributed by atoms with Crippen molar-refractivity contribution in [2.45, 2.75) is 32.7 Å². The summed E-state index contributed by atoms with van der Waals surface area (Å²) in [7, 11) is 0. The van der Waals surface area contributed by atoms with Gasteiger partial charge >= 0.3 is 0 Å². The van der Waals surface area contributed by atoms with Crippen molar-refractivity contribution in [2.24, 2.45) is 0 Å². The van der Waals surface area contributed by atoms with Crippen molar-refractivity contribution in [1.29, 1.82) is 0 Å². The summed E-state index contributed by atoms with van der Waals surface area (Å²) in [5, 5.41) is 6.91. The summed E-state index contributed by atoms with van der Waals surface area (Å²) in [5.41, 5.74) is 4.44. The van der Waals surface area contributed by atoms with E-state index in [1.807, 2.05) is 48.5 Å². The zero-order chi connectivity index (χ0) is 20.1. The third-order valence-corrected chi connectivity index (χ3v) is 4.67. The van der Waals surface area contributed by atoms with E-state index < -0.39 is 0 Å². The molecule has 2 N–H and O–H groups in total. The van der Waals surface area contributed by atoms with Crippen molar-refractivity contribution in [3.05, 3.63) is 88.7 Å². The molecule has 4 nitrogen and oxygen atoms in total. The molecule has 1 aromatic heterocycles. The minimum absolute atomic E-state index is 0.0799. The van der Waals surface area contributed by atoms with Crippen LogP contribution in [0.1, 0.15) is 42.3 Å². The fraction of sp³-hybridized carbons (Fsp3) is 0.217. The van der Waals surface area contributed by atoms with Crippen LogP contribution in [-0.2, 0) is 12.0 Å². The lowest BCUT2D eigenvalue weighted by atomic mass is 9.87. The second-order valence-electron chi connectivity index (χ2n) is 7.72. The van der Waals surface area contributed by atoms with Crippen LogP contribution in [0.5, 0.6) is 0 Å². The minimum atomic E-state index is -0.189. The fourth-order valence-electron chi connectivity index (χ4n) is 2.72. The number of carbonyl (C=O) groups is 1. The predicted molar refractivity (Wildman–Crippen MR) is 116 cm³/mol. The van der Waals surface area contributed by atoms with Crippen molar-refractivity contribution in [3.63, 3.8) is 0 Å². The van der Waals surface area contributed by atoms with Gasteiger partial charge in [0, 0.05) is 29.6 Å². The van der Waals surface area contributed by atoms with Crippen LogP contribution in [-0.4, -0.2) is 10.9 Å². The number of amides is 1. The molecule has 1 amide bonds. The average molecular weight is 394 g/mol. The SMILES string of the molecule is CC(C)(C)c1ccc(NC(=O)c2cncc(NCc3ccc(Cl)cc3)c2)cc1. The lowest BCUT2D eigenvalue weighted by Crippen LogP contribution is -2.14. The van der Waals surface area contributed by atoms with Gasteiger partial charge in [-0.25, -0.2) is 0 Å². The van der Waals surface area contributed by atoms with Gasteiger partial charge in [-0.3, -0.25) is 9.78 Å². The number of nitrogens with zero attached hydrogens (tertiary/aromatic N) is 1. The molecule has 28 heavy (non-hydrogen) atoms. The van der Waals surface area contributed by atoms with Gasteiger partial charge in [0.05, 0.1) is 11.3 Å². The second kappa shape index (κ2) is 8.44. The first-order valence-electron chi connectivity index (χ1n) is 9.16. The zero-order valence-corrected chi connectivity index (χ0v) is 17.0. The Hall–Kier alpha value is -2.85. The monoisotopic (exact) mass is 393 g/mol. The first-order valence-corrected chi connectivity index (χ1v) is 9.54. The number of aromatic nitrogens is 1. The van der Waals surface area contributed by atoms with E-state index >= 15 is 0 Å². The first kappa shape index (κ1) is 19.9. The molecular weight excluding hydrogens is 370 g/mol. The molecule has 0 aliphatic rings. The molecule has 0 saturated carbocycles. The number of anilines is 2. The van der Waals surface area contributed by atoms with E-state index in [9.17, 15) is 4.79 Å². The molecule has 3 aromatic rings. The van der Waals surface area contributed by atoms with Crippen molar-refractivity contribution in [2.75, 3.05) is 10.6 Å². The molecule has 0 fully saturated rings. The molecule has 144 valence electrons. The lowest BCUT2D eigenvalue weighted by Gasteiger charge is -2.19. The molecule has 0 saturated heterocycles. The number of benzene rings is 2. The van der Waals surface area contributed by atoms with E-state index in [2.05, 4.69) is 36.4 Å². The third-order valence-electron chi connectivity index (χ3n) is 4.42. The molecule has 0 unspecified atom stereocenters. The van der Waals surface area contributed by atoms with E-state index in [0.29, 0.717) is 17.1 Å². The minimum Gasteiger partial charge on any atom is -0.380 e. The highest BCUT2D eigenvalue weighted by Gasteiger charge is 2.13. The van der Waals surface area contributed by atoms with Crippen LogP contribution in [0.3, 0.4) is 0 Å². The normalized spacial score (nSPS) is 11.1.